The lowest BCUT2D eigenvalue weighted by atomic mass is 10.1. The molecule has 0 spiro atoms. The van der Waals surface area contributed by atoms with E-state index in [9.17, 15) is 4.79 Å². The molecule has 1 aliphatic heterocycles. The summed E-state index contributed by atoms with van der Waals surface area (Å²) < 4.78 is 0. The van der Waals surface area contributed by atoms with Gasteiger partial charge in [0.15, 0.2) is 0 Å². The maximum Gasteiger partial charge on any atom is 0.206 e. The van der Waals surface area contributed by atoms with Crippen molar-refractivity contribution in [2.75, 3.05) is 12.4 Å². The van der Waals surface area contributed by atoms with Crippen LogP contribution in [-0.4, -0.2) is 28.6 Å². The molecule has 3 N–H and O–H groups in total. The predicted octanol–water partition coefficient (Wildman–Crippen LogP) is -0.804. The Labute approximate surface area is 57.6 Å². The highest BCUT2D eigenvalue weighted by molar-refractivity contribution is 8.14. The lowest BCUT2D eigenvalue weighted by Crippen LogP contribution is -2.33. The van der Waals surface area contributed by atoms with Crippen LogP contribution in [0.2, 0.25) is 0 Å². The molecule has 52 valence electrons. The minimum absolute atomic E-state index is 0.00838. The van der Waals surface area contributed by atoms with Crippen LogP contribution in [0.5, 0.6) is 0 Å². The molecular weight excluding hydrogens is 138 g/mol. The topological polar surface area (TPSA) is 63.3 Å². The summed E-state index contributed by atoms with van der Waals surface area (Å²) in [6, 6.07) is -0.431. The zero-order valence-corrected chi connectivity index (χ0v) is 5.73. The summed E-state index contributed by atoms with van der Waals surface area (Å²) in [6.07, 6.45) is 0. The van der Waals surface area contributed by atoms with Crippen LogP contribution < -0.4 is 5.73 Å². The number of hydrogen-bond acceptors (Lipinski definition) is 4. The summed E-state index contributed by atoms with van der Waals surface area (Å²) >= 11 is 1.21. The second-order valence-electron chi connectivity index (χ2n) is 2.10. The van der Waals surface area contributed by atoms with Crippen molar-refractivity contribution >= 4 is 16.9 Å². The first-order valence-electron chi connectivity index (χ1n) is 2.78. The van der Waals surface area contributed by atoms with Crippen molar-refractivity contribution in [3.05, 3.63) is 0 Å². The normalized spacial score (nSPS) is 35.6. The van der Waals surface area contributed by atoms with Crippen molar-refractivity contribution in [2.45, 2.75) is 6.04 Å². The number of aliphatic hydroxyl groups excluding tert-OH is 1. The number of hydrogen-bond donors (Lipinski definition) is 2. The minimum atomic E-state index is -0.431. The van der Waals surface area contributed by atoms with Crippen molar-refractivity contribution in [1.82, 2.24) is 0 Å². The van der Waals surface area contributed by atoms with Crippen molar-refractivity contribution < 1.29 is 9.90 Å². The maximum absolute atomic E-state index is 10.7. The van der Waals surface area contributed by atoms with Gasteiger partial charge in [0.2, 0.25) is 5.12 Å². The predicted molar refractivity (Wildman–Crippen MR) is 36.0 cm³/mol. The summed E-state index contributed by atoms with van der Waals surface area (Å²) in [7, 11) is 0. The van der Waals surface area contributed by atoms with Crippen molar-refractivity contribution in [2.24, 2.45) is 11.7 Å². The molecule has 0 aromatic rings. The second-order valence-corrected chi connectivity index (χ2v) is 3.12. The zero-order chi connectivity index (χ0) is 6.85. The average Bonchev–Trinajstić information content (AvgIpc) is 2.15. The van der Waals surface area contributed by atoms with E-state index in [2.05, 4.69) is 0 Å². The summed E-state index contributed by atoms with van der Waals surface area (Å²) in [5.74, 6) is 0.666. The van der Waals surface area contributed by atoms with Crippen LogP contribution in [0.15, 0.2) is 0 Å². The van der Waals surface area contributed by atoms with Gasteiger partial charge in [0.1, 0.15) is 0 Å². The fourth-order valence-electron chi connectivity index (χ4n) is 0.748. The maximum atomic E-state index is 10.7. The standard InChI is InChI=1S/C5H9NO2S/c6-4-3(1-7)2-9-5(4)8/h3-4,7H,1-2,6H2. The third-order valence-corrected chi connectivity index (χ3v) is 2.61. The molecule has 0 aromatic heterocycles. The van der Waals surface area contributed by atoms with Crippen molar-refractivity contribution in [3.63, 3.8) is 0 Å². The zero-order valence-electron chi connectivity index (χ0n) is 4.91. The summed E-state index contributed by atoms with van der Waals surface area (Å²) in [5.41, 5.74) is 5.40. The van der Waals surface area contributed by atoms with Gasteiger partial charge in [0.05, 0.1) is 6.04 Å². The van der Waals surface area contributed by atoms with Gasteiger partial charge in [-0.05, 0) is 0 Å². The molecular formula is C5H9NO2S. The van der Waals surface area contributed by atoms with Gasteiger partial charge >= 0.3 is 0 Å². The Morgan fingerprint density at radius 2 is 2.56 bits per heavy atom. The fraction of sp³-hybridized carbons (Fsp3) is 0.800. The third-order valence-electron chi connectivity index (χ3n) is 1.45. The van der Waals surface area contributed by atoms with Crippen LogP contribution in [0.3, 0.4) is 0 Å². The molecule has 0 radical (unpaired) electrons. The Morgan fingerprint density at radius 3 is 2.78 bits per heavy atom. The van der Waals surface area contributed by atoms with E-state index in [-0.39, 0.29) is 17.6 Å². The molecule has 4 heteroatoms. The van der Waals surface area contributed by atoms with Gasteiger partial charge < -0.3 is 10.8 Å². The van der Waals surface area contributed by atoms with E-state index in [1.165, 1.54) is 11.8 Å². The number of aliphatic hydroxyl groups is 1. The Kier molecular flexibility index (Phi) is 2.10. The molecule has 0 amide bonds. The average molecular weight is 147 g/mol. The molecule has 9 heavy (non-hydrogen) atoms. The third kappa shape index (κ3) is 1.26. The fourth-order valence-corrected chi connectivity index (χ4v) is 1.82. The molecule has 2 unspecified atom stereocenters. The van der Waals surface area contributed by atoms with E-state index in [1.807, 2.05) is 0 Å². The molecule has 0 bridgehead atoms. The van der Waals surface area contributed by atoms with E-state index in [0.717, 1.165) is 0 Å². The van der Waals surface area contributed by atoms with Gasteiger partial charge in [0.25, 0.3) is 0 Å². The van der Waals surface area contributed by atoms with Crippen LogP contribution in [0.25, 0.3) is 0 Å². The van der Waals surface area contributed by atoms with Crippen LogP contribution in [0, 0.1) is 5.92 Å². The van der Waals surface area contributed by atoms with E-state index in [1.54, 1.807) is 0 Å². The molecule has 1 heterocycles. The van der Waals surface area contributed by atoms with Gasteiger partial charge in [-0.25, -0.2) is 0 Å². The molecule has 3 nitrogen and oxygen atoms in total. The monoisotopic (exact) mass is 147 g/mol. The van der Waals surface area contributed by atoms with Crippen LogP contribution in [0.4, 0.5) is 0 Å². The molecule has 0 aliphatic carbocycles. The Morgan fingerprint density at radius 1 is 1.89 bits per heavy atom. The van der Waals surface area contributed by atoms with E-state index < -0.39 is 6.04 Å². The van der Waals surface area contributed by atoms with Gasteiger partial charge in [0, 0.05) is 18.3 Å². The first-order valence-corrected chi connectivity index (χ1v) is 3.77. The lowest BCUT2D eigenvalue weighted by molar-refractivity contribution is -0.112. The highest BCUT2D eigenvalue weighted by Crippen LogP contribution is 2.23. The quantitative estimate of drug-likeness (QED) is 0.509. The van der Waals surface area contributed by atoms with Crippen LogP contribution >= 0.6 is 11.8 Å². The molecule has 1 fully saturated rings. The van der Waals surface area contributed by atoms with Gasteiger partial charge in [-0.3, -0.25) is 4.79 Å². The number of nitrogens with two attached hydrogens (primary N) is 1. The summed E-state index contributed by atoms with van der Waals surface area (Å²) in [4.78, 5) is 10.7. The molecule has 1 aliphatic rings. The Hall–Kier alpha value is -0.0600. The second kappa shape index (κ2) is 2.68. The molecule has 2 atom stereocenters. The van der Waals surface area contributed by atoms with Gasteiger partial charge in [-0.1, -0.05) is 11.8 Å². The first kappa shape index (κ1) is 7.05. The highest BCUT2D eigenvalue weighted by atomic mass is 32.2. The smallest absolute Gasteiger partial charge is 0.206 e. The van der Waals surface area contributed by atoms with E-state index in [4.69, 9.17) is 10.8 Å². The minimum Gasteiger partial charge on any atom is -0.396 e. The first-order chi connectivity index (χ1) is 4.25. The molecule has 0 aromatic carbocycles. The van der Waals surface area contributed by atoms with Crippen LogP contribution in [0.1, 0.15) is 0 Å². The lowest BCUT2D eigenvalue weighted by Gasteiger charge is -2.06. The van der Waals surface area contributed by atoms with Crippen molar-refractivity contribution in [3.8, 4) is 0 Å². The highest BCUT2D eigenvalue weighted by Gasteiger charge is 2.31. The van der Waals surface area contributed by atoms with E-state index >= 15 is 0 Å². The Bertz CT molecular complexity index is 128. The number of thioether (sulfide) groups is 1. The Balaban J connectivity index is 2.51. The summed E-state index contributed by atoms with van der Waals surface area (Å²) in [5, 5.41) is 8.62. The number of rotatable bonds is 1. The van der Waals surface area contributed by atoms with Crippen LogP contribution in [-0.2, 0) is 4.79 Å². The van der Waals surface area contributed by atoms with Crippen molar-refractivity contribution in [1.29, 1.82) is 0 Å². The van der Waals surface area contributed by atoms with E-state index in [0.29, 0.717) is 5.75 Å². The van der Waals surface area contributed by atoms with Gasteiger partial charge in [-0.2, -0.15) is 0 Å². The van der Waals surface area contributed by atoms with Gasteiger partial charge in [-0.15, -0.1) is 0 Å². The molecule has 1 saturated heterocycles. The number of carbonyl (C=O) groups is 1. The largest absolute Gasteiger partial charge is 0.396 e. The number of carbonyl (C=O) groups excluding carboxylic acids is 1. The SMILES string of the molecule is NC1C(=O)SCC1CO. The summed E-state index contributed by atoms with van der Waals surface area (Å²) in [6.45, 7) is 0.0277. The molecule has 0 saturated carbocycles. The molecule has 1 rings (SSSR count).